The smallest absolute Gasteiger partial charge is 0.406 e. The molecular formula is C18H13F4N6O2+. The number of rotatable bonds is 6. The molecule has 3 aromatic rings. The summed E-state index contributed by atoms with van der Waals surface area (Å²) < 4.78 is 56.1. The Balaban J connectivity index is 1.73. The van der Waals surface area contributed by atoms with E-state index < -0.39 is 18.1 Å². The first-order valence-electron chi connectivity index (χ1n) is 8.42. The fourth-order valence-corrected chi connectivity index (χ4v) is 2.56. The summed E-state index contributed by atoms with van der Waals surface area (Å²) in [4.78, 5) is 18.0. The summed E-state index contributed by atoms with van der Waals surface area (Å²) in [5, 5.41) is 7.23. The van der Waals surface area contributed by atoms with Gasteiger partial charge >= 0.3 is 12.3 Å². The van der Waals surface area contributed by atoms with E-state index in [1.54, 1.807) is 6.07 Å². The zero-order chi connectivity index (χ0) is 21.7. The van der Waals surface area contributed by atoms with Gasteiger partial charge in [-0.05, 0) is 42.3 Å². The number of hydrogen-bond acceptors (Lipinski definition) is 5. The second-order valence-corrected chi connectivity index (χ2v) is 5.95. The molecule has 8 nitrogen and oxygen atoms in total. The molecule has 12 heteroatoms. The Morgan fingerprint density at radius 3 is 2.57 bits per heavy atom. The summed E-state index contributed by atoms with van der Waals surface area (Å²) in [7, 11) is 0. The number of amides is 1. The minimum absolute atomic E-state index is 0.0838. The molecule has 3 rings (SSSR count). The number of nitrogens with one attached hydrogen (secondary N) is 1. The molecule has 0 bridgehead atoms. The molecule has 0 saturated heterocycles. The average molecular weight is 421 g/mol. The van der Waals surface area contributed by atoms with Gasteiger partial charge in [0.05, 0.1) is 5.69 Å². The maximum absolute atomic E-state index is 14.3. The third kappa shape index (κ3) is 5.32. The Morgan fingerprint density at radius 2 is 1.93 bits per heavy atom. The highest BCUT2D eigenvalue weighted by molar-refractivity contribution is 5.76. The molecule has 0 unspecified atom stereocenters. The molecule has 0 aliphatic rings. The number of ether oxygens (including phenoxy) is 1. The lowest BCUT2D eigenvalue weighted by molar-refractivity contribution is -0.274. The van der Waals surface area contributed by atoms with E-state index in [4.69, 9.17) is 5.53 Å². The standard InChI is InChI=1S/C18H13F4N6O2/c19-15-9-12(2-1-11(15)3-8-16(29)25-27-23)17-24-10-28(26-17)13-4-6-14(7-5-13)30-18(20,21)22/h1-2,4-7,9-10,23H,3,8H2/q+1. The maximum Gasteiger partial charge on any atom is 0.573 e. The van der Waals surface area contributed by atoms with Crippen molar-refractivity contribution in [1.82, 2.24) is 19.7 Å². The van der Waals surface area contributed by atoms with Crippen LogP contribution in [0.5, 0.6) is 5.75 Å². The molecule has 1 aromatic heterocycles. The molecule has 0 saturated carbocycles. The van der Waals surface area contributed by atoms with E-state index in [0.717, 1.165) is 12.1 Å². The summed E-state index contributed by atoms with van der Waals surface area (Å²) in [5.41, 5.74) is 7.58. The van der Waals surface area contributed by atoms with Gasteiger partial charge in [0.1, 0.15) is 23.4 Å². The highest BCUT2D eigenvalue weighted by Crippen LogP contribution is 2.24. The third-order valence-electron chi connectivity index (χ3n) is 3.91. The third-order valence-corrected chi connectivity index (χ3v) is 3.91. The first kappa shape index (κ1) is 20.8. The number of nitrogens with zero attached hydrogens (tertiary/aromatic N) is 5. The Labute approximate surface area is 166 Å². The molecule has 0 spiro atoms. The van der Waals surface area contributed by atoms with Crippen molar-refractivity contribution >= 4 is 5.91 Å². The van der Waals surface area contributed by atoms with Crippen LogP contribution in [-0.4, -0.2) is 27.0 Å². The molecule has 1 N–H and O–H groups in total. The van der Waals surface area contributed by atoms with Crippen LogP contribution < -0.4 is 9.65 Å². The van der Waals surface area contributed by atoms with Crippen LogP contribution in [0, 0.1) is 11.3 Å². The quantitative estimate of drug-likeness (QED) is 0.369. The molecule has 0 aliphatic carbocycles. The van der Waals surface area contributed by atoms with E-state index in [1.165, 1.54) is 35.3 Å². The van der Waals surface area contributed by atoms with Crippen LogP contribution in [0.1, 0.15) is 12.0 Å². The number of hydrogen-bond donors (Lipinski definition) is 1. The predicted octanol–water partition coefficient (Wildman–Crippen LogP) is 3.98. The first-order chi connectivity index (χ1) is 14.2. The Bertz CT molecular complexity index is 1100. The number of halogens is 4. The summed E-state index contributed by atoms with van der Waals surface area (Å²) >= 11 is 0. The van der Waals surface area contributed by atoms with Gasteiger partial charge < -0.3 is 4.74 Å². The summed E-state index contributed by atoms with van der Waals surface area (Å²) in [5.74, 6) is -1.35. The van der Waals surface area contributed by atoms with Gasteiger partial charge in [0.15, 0.2) is 10.9 Å². The van der Waals surface area contributed by atoms with E-state index in [2.05, 4.69) is 24.8 Å². The van der Waals surface area contributed by atoms with Gasteiger partial charge in [0.25, 0.3) is 0 Å². The van der Waals surface area contributed by atoms with E-state index >= 15 is 0 Å². The topological polar surface area (TPSA) is 107 Å². The fraction of sp³-hybridized carbons (Fsp3) is 0.167. The van der Waals surface area contributed by atoms with Crippen molar-refractivity contribution in [3.63, 3.8) is 0 Å². The van der Waals surface area contributed by atoms with Gasteiger partial charge in [-0.1, -0.05) is 12.1 Å². The van der Waals surface area contributed by atoms with Crippen LogP contribution in [0.4, 0.5) is 17.6 Å². The van der Waals surface area contributed by atoms with Crippen molar-refractivity contribution < 1.29 is 27.1 Å². The Morgan fingerprint density at radius 1 is 1.20 bits per heavy atom. The normalized spacial score (nSPS) is 11.1. The summed E-state index contributed by atoms with van der Waals surface area (Å²) in [6, 6.07) is 9.30. The molecule has 2 aromatic carbocycles. The number of aromatic nitrogens is 3. The second-order valence-electron chi connectivity index (χ2n) is 5.95. The molecule has 0 aliphatic heterocycles. The highest BCUT2D eigenvalue weighted by atomic mass is 19.4. The number of aryl methyl sites for hydroxylation is 1. The first-order valence-corrected chi connectivity index (χ1v) is 8.42. The van der Waals surface area contributed by atoms with Crippen LogP contribution in [-0.2, 0) is 11.2 Å². The largest absolute Gasteiger partial charge is 0.573 e. The molecule has 1 heterocycles. The van der Waals surface area contributed by atoms with Crippen molar-refractivity contribution in [2.75, 3.05) is 0 Å². The van der Waals surface area contributed by atoms with Gasteiger partial charge in [-0.25, -0.2) is 14.1 Å². The van der Waals surface area contributed by atoms with Crippen LogP contribution in [0.15, 0.2) is 53.9 Å². The average Bonchev–Trinajstić information content (AvgIpc) is 3.17. The Hall–Kier alpha value is -3.92. The van der Waals surface area contributed by atoms with Gasteiger partial charge in [-0.15, -0.1) is 18.3 Å². The summed E-state index contributed by atoms with van der Waals surface area (Å²) in [6.45, 7) is 0. The van der Waals surface area contributed by atoms with Gasteiger partial charge in [0, 0.05) is 12.0 Å². The van der Waals surface area contributed by atoms with Gasteiger partial charge in [-0.2, -0.15) is 0 Å². The molecule has 0 fully saturated rings. The lowest BCUT2D eigenvalue weighted by Gasteiger charge is -2.09. The molecule has 154 valence electrons. The van der Waals surface area contributed by atoms with Crippen LogP contribution >= 0.6 is 0 Å². The number of carbonyl (C=O) groups is 1. The van der Waals surface area contributed by atoms with Crippen LogP contribution in [0.2, 0.25) is 0 Å². The van der Waals surface area contributed by atoms with Crippen molar-refractivity contribution in [2.45, 2.75) is 19.2 Å². The summed E-state index contributed by atoms with van der Waals surface area (Å²) in [6.07, 6.45) is -3.43. The molecular weight excluding hydrogens is 408 g/mol. The zero-order valence-corrected chi connectivity index (χ0v) is 15.1. The fourth-order valence-electron chi connectivity index (χ4n) is 2.56. The van der Waals surface area contributed by atoms with Crippen molar-refractivity contribution in [1.29, 1.82) is 5.53 Å². The van der Waals surface area contributed by atoms with E-state index in [1.807, 2.05) is 0 Å². The second kappa shape index (κ2) is 8.62. The van der Waals surface area contributed by atoms with Gasteiger partial charge in [-0.3, -0.25) is 4.79 Å². The number of carbonyl (C=O) groups excluding carboxylic acids is 1. The number of alkyl halides is 3. The molecule has 0 radical (unpaired) electrons. The van der Waals surface area contributed by atoms with Crippen molar-refractivity contribution in [2.24, 2.45) is 5.11 Å². The zero-order valence-electron chi connectivity index (χ0n) is 15.1. The lowest BCUT2D eigenvalue weighted by Crippen LogP contribution is -2.17. The minimum atomic E-state index is -4.78. The maximum atomic E-state index is 14.3. The molecule has 1 amide bonds. The SMILES string of the molecule is N=[N+]=NC(=O)CCc1ccc(-c2ncn(-c3ccc(OC(F)(F)F)cc3)n2)cc1F. The number of benzene rings is 2. The lowest BCUT2D eigenvalue weighted by atomic mass is 10.1. The van der Waals surface area contributed by atoms with Crippen molar-refractivity contribution in [3.8, 4) is 22.8 Å². The highest BCUT2D eigenvalue weighted by Gasteiger charge is 2.31. The van der Waals surface area contributed by atoms with E-state index in [9.17, 15) is 22.4 Å². The van der Waals surface area contributed by atoms with Crippen LogP contribution in [0.3, 0.4) is 0 Å². The van der Waals surface area contributed by atoms with E-state index in [0.29, 0.717) is 11.3 Å². The molecule has 30 heavy (non-hydrogen) atoms. The van der Waals surface area contributed by atoms with Gasteiger partial charge in [0.2, 0.25) is 4.91 Å². The van der Waals surface area contributed by atoms with Crippen LogP contribution in [0.25, 0.3) is 17.1 Å². The Kier molecular flexibility index (Phi) is 5.98. The van der Waals surface area contributed by atoms with E-state index in [-0.39, 0.29) is 30.0 Å². The van der Waals surface area contributed by atoms with Crippen molar-refractivity contribution in [3.05, 3.63) is 60.2 Å². The predicted molar refractivity (Wildman–Crippen MR) is 94.0 cm³/mol. The molecule has 0 atom stereocenters. The monoisotopic (exact) mass is 421 g/mol. The minimum Gasteiger partial charge on any atom is -0.406 e.